The number of aliphatic hydroxyl groups is 1. The Balaban J connectivity index is 2.93. The third-order valence-corrected chi connectivity index (χ3v) is 5.25. The number of hydrogen-bond acceptors (Lipinski definition) is 4. The van der Waals surface area contributed by atoms with E-state index in [9.17, 15) is 8.42 Å². The molecule has 0 saturated heterocycles. The van der Waals surface area contributed by atoms with Crippen LogP contribution in [0.25, 0.3) is 0 Å². The van der Waals surface area contributed by atoms with Crippen LogP contribution < -0.4 is 0 Å². The first-order valence-electron chi connectivity index (χ1n) is 5.13. The van der Waals surface area contributed by atoms with Crippen LogP contribution in [0.15, 0.2) is 21.7 Å². The molecule has 0 aliphatic carbocycles. The lowest BCUT2D eigenvalue weighted by atomic mass is 10.2. The number of aliphatic hydroxyl groups excluding tert-OH is 1. The first kappa shape index (κ1) is 13.6. The summed E-state index contributed by atoms with van der Waals surface area (Å²) in [5.41, 5.74) is 0. The van der Waals surface area contributed by atoms with Gasteiger partial charge in [0.05, 0.1) is 6.61 Å². The van der Waals surface area contributed by atoms with Crippen molar-refractivity contribution < 1.29 is 13.5 Å². The van der Waals surface area contributed by atoms with E-state index in [0.717, 1.165) is 0 Å². The van der Waals surface area contributed by atoms with Crippen molar-refractivity contribution in [1.82, 2.24) is 4.31 Å². The van der Waals surface area contributed by atoms with Crippen LogP contribution in [-0.2, 0) is 10.0 Å². The van der Waals surface area contributed by atoms with Gasteiger partial charge in [-0.1, -0.05) is 19.9 Å². The summed E-state index contributed by atoms with van der Waals surface area (Å²) in [5.74, 6) is 0.237. The van der Waals surface area contributed by atoms with Crippen molar-refractivity contribution in [2.24, 2.45) is 5.92 Å². The monoisotopic (exact) mass is 263 g/mol. The van der Waals surface area contributed by atoms with Gasteiger partial charge in [-0.05, 0) is 17.4 Å². The van der Waals surface area contributed by atoms with Crippen molar-refractivity contribution in [1.29, 1.82) is 0 Å². The smallest absolute Gasteiger partial charge is 0.252 e. The Hall–Kier alpha value is -0.430. The van der Waals surface area contributed by atoms with Crippen LogP contribution >= 0.6 is 11.3 Å². The molecule has 0 saturated carbocycles. The molecule has 0 bridgehead atoms. The molecule has 92 valence electrons. The normalized spacial score (nSPS) is 12.6. The van der Waals surface area contributed by atoms with Crippen molar-refractivity contribution in [3.63, 3.8) is 0 Å². The first-order valence-corrected chi connectivity index (χ1v) is 7.45. The van der Waals surface area contributed by atoms with E-state index in [1.807, 2.05) is 13.8 Å². The molecule has 16 heavy (non-hydrogen) atoms. The van der Waals surface area contributed by atoms with E-state index in [1.54, 1.807) is 17.5 Å². The summed E-state index contributed by atoms with van der Waals surface area (Å²) in [6.07, 6.45) is 0. The van der Waals surface area contributed by atoms with Gasteiger partial charge in [0, 0.05) is 13.1 Å². The number of rotatable bonds is 6. The molecule has 1 rings (SSSR count). The Morgan fingerprint density at radius 2 is 2.19 bits per heavy atom. The second-order valence-electron chi connectivity index (χ2n) is 3.91. The summed E-state index contributed by atoms with van der Waals surface area (Å²) in [6.45, 7) is 4.33. The predicted octanol–water partition coefficient (Wildman–Crippen LogP) is 1.39. The molecular weight excluding hydrogens is 246 g/mol. The first-order chi connectivity index (χ1) is 7.48. The zero-order valence-electron chi connectivity index (χ0n) is 9.46. The summed E-state index contributed by atoms with van der Waals surface area (Å²) in [5, 5.41) is 10.6. The van der Waals surface area contributed by atoms with E-state index in [0.29, 0.717) is 10.8 Å². The Labute approximate surface area is 101 Å². The molecular formula is C10H17NO3S2. The molecule has 0 aliphatic rings. The maximum atomic E-state index is 12.1. The topological polar surface area (TPSA) is 57.6 Å². The molecule has 1 heterocycles. The summed E-state index contributed by atoms with van der Waals surface area (Å²) < 4.78 is 26.0. The Morgan fingerprint density at radius 1 is 1.50 bits per heavy atom. The van der Waals surface area contributed by atoms with E-state index in [1.165, 1.54) is 15.6 Å². The van der Waals surface area contributed by atoms with Gasteiger partial charge in [0.15, 0.2) is 0 Å². The van der Waals surface area contributed by atoms with Crippen molar-refractivity contribution >= 4 is 21.4 Å². The van der Waals surface area contributed by atoms with Gasteiger partial charge < -0.3 is 5.11 Å². The fourth-order valence-corrected chi connectivity index (χ4v) is 4.11. The van der Waals surface area contributed by atoms with Gasteiger partial charge >= 0.3 is 0 Å². The maximum absolute atomic E-state index is 12.1. The van der Waals surface area contributed by atoms with E-state index in [2.05, 4.69) is 0 Å². The molecule has 0 aliphatic heterocycles. The molecule has 0 unspecified atom stereocenters. The second kappa shape index (κ2) is 5.77. The summed E-state index contributed by atoms with van der Waals surface area (Å²) in [4.78, 5) is 0. The van der Waals surface area contributed by atoms with E-state index >= 15 is 0 Å². The predicted molar refractivity (Wildman–Crippen MR) is 65.0 cm³/mol. The quantitative estimate of drug-likeness (QED) is 0.843. The van der Waals surface area contributed by atoms with Crippen molar-refractivity contribution in [3.05, 3.63) is 17.5 Å². The van der Waals surface area contributed by atoms with Crippen molar-refractivity contribution in [2.75, 3.05) is 19.7 Å². The summed E-state index contributed by atoms with van der Waals surface area (Å²) in [6, 6.07) is 3.30. The Morgan fingerprint density at radius 3 is 2.62 bits per heavy atom. The zero-order chi connectivity index (χ0) is 12.2. The average Bonchev–Trinajstić information content (AvgIpc) is 2.69. The minimum atomic E-state index is -3.42. The Kier molecular flexibility index (Phi) is 4.91. The molecule has 6 heteroatoms. The lowest BCUT2D eigenvalue weighted by molar-refractivity contribution is 0.245. The third kappa shape index (κ3) is 3.28. The van der Waals surface area contributed by atoms with Gasteiger partial charge in [0.25, 0.3) is 10.0 Å². The number of thiophene rings is 1. The van der Waals surface area contributed by atoms with Gasteiger partial charge in [-0.15, -0.1) is 11.3 Å². The van der Waals surface area contributed by atoms with E-state index in [4.69, 9.17) is 5.11 Å². The van der Waals surface area contributed by atoms with Gasteiger partial charge in [0.1, 0.15) is 4.21 Å². The van der Waals surface area contributed by atoms with E-state index < -0.39 is 10.0 Å². The fourth-order valence-electron chi connectivity index (χ4n) is 1.37. The molecule has 0 radical (unpaired) electrons. The molecule has 0 atom stereocenters. The molecule has 1 N–H and O–H groups in total. The highest BCUT2D eigenvalue weighted by Gasteiger charge is 2.25. The minimum Gasteiger partial charge on any atom is -0.395 e. The molecule has 1 aromatic heterocycles. The average molecular weight is 263 g/mol. The van der Waals surface area contributed by atoms with Crippen LogP contribution in [0.1, 0.15) is 13.8 Å². The zero-order valence-corrected chi connectivity index (χ0v) is 11.1. The molecule has 1 aromatic rings. The van der Waals surface area contributed by atoms with Crippen molar-refractivity contribution in [3.8, 4) is 0 Å². The largest absolute Gasteiger partial charge is 0.395 e. The SMILES string of the molecule is CC(C)CN(CCO)S(=O)(=O)c1cccs1. The fraction of sp³-hybridized carbons (Fsp3) is 0.600. The molecule has 0 fully saturated rings. The Bertz CT molecular complexity index is 398. The summed E-state index contributed by atoms with van der Waals surface area (Å²) in [7, 11) is -3.42. The molecule has 0 amide bonds. The number of hydrogen-bond donors (Lipinski definition) is 1. The molecule has 4 nitrogen and oxygen atoms in total. The van der Waals surface area contributed by atoms with Crippen LogP contribution in [0.5, 0.6) is 0 Å². The standard InChI is InChI=1S/C10H17NO3S2/c1-9(2)8-11(5-6-12)16(13,14)10-4-3-7-15-10/h3-4,7,9,12H,5-6,8H2,1-2H3. The minimum absolute atomic E-state index is 0.151. The highest BCUT2D eigenvalue weighted by Crippen LogP contribution is 2.21. The van der Waals surface area contributed by atoms with Crippen LogP contribution in [0.4, 0.5) is 0 Å². The lowest BCUT2D eigenvalue weighted by Gasteiger charge is -2.22. The van der Waals surface area contributed by atoms with Crippen LogP contribution in [0.3, 0.4) is 0 Å². The third-order valence-electron chi connectivity index (χ3n) is 2.01. The second-order valence-corrected chi connectivity index (χ2v) is 7.03. The highest BCUT2D eigenvalue weighted by atomic mass is 32.2. The van der Waals surface area contributed by atoms with Gasteiger partial charge in [-0.3, -0.25) is 0 Å². The highest BCUT2D eigenvalue weighted by molar-refractivity contribution is 7.91. The van der Waals surface area contributed by atoms with Crippen LogP contribution in [0.2, 0.25) is 0 Å². The summed E-state index contributed by atoms with van der Waals surface area (Å²) >= 11 is 1.20. The number of sulfonamides is 1. The number of nitrogens with zero attached hydrogens (tertiary/aromatic N) is 1. The molecule has 0 spiro atoms. The maximum Gasteiger partial charge on any atom is 0.252 e. The van der Waals surface area contributed by atoms with Crippen LogP contribution in [0, 0.1) is 5.92 Å². The molecule has 0 aromatic carbocycles. The van der Waals surface area contributed by atoms with Crippen molar-refractivity contribution in [2.45, 2.75) is 18.1 Å². The van der Waals surface area contributed by atoms with Gasteiger partial charge in [-0.25, -0.2) is 8.42 Å². The lowest BCUT2D eigenvalue weighted by Crippen LogP contribution is -2.36. The van der Waals surface area contributed by atoms with Gasteiger partial charge in [-0.2, -0.15) is 4.31 Å². The van der Waals surface area contributed by atoms with Gasteiger partial charge in [0.2, 0.25) is 0 Å². The van der Waals surface area contributed by atoms with Crippen LogP contribution in [-0.4, -0.2) is 37.5 Å². The van der Waals surface area contributed by atoms with E-state index in [-0.39, 0.29) is 19.1 Å².